The zero-order chi connectivity index (χ0) is 27.9. The van der Waals surface area contributed by atoms with E-state index >= 15 is 0 Å². The van der Waals surface area contributed by atoms with Gasteiger partial charge in [0.1, 0.15) is 11.6 Å². The maximum absolute atomic E-state index is 13.9. The van der Waals surface area contributed by atoms with Crippen LogP contribution < -0.4 is 16.0 Å². The Labute approximate surface area is 237 Å². The summed E-state index contributed by atoms with van der Waals surface area (Å²) in [5.41, 5.74) is 8.06. The second-order valence-electron chi connectivity index (χ2n) is 10.1. The van der Waals surface area contributed by atoms with E-state index in [9.17, 15) is 19.2 Å². The Balaban J connectivity index is 1.46. The van der Waals surface area contributed by atoms with Crippen LogP contribution in [0, 0.1) is 29.5 Å². The van der Waals surface area contributed by atoms with Crippen LogP contribution in [0.5, 0.6) is 0 Å². The van der Waals surface area contributed by atoms with Gasteiger partial charge in [0.15, 0.2) is 10.1 Å². The van der Waals surface area contributed by atoms with Gasteiger partial charge in [-0.25, -0.2) is 4.39 Å². The molecule has 12 heteroatoms. The molecule has 0 saturated heterocycles. The number of Topliss-reactive ketones (excluding diaryl/α,β-unsaturated/α-hetero) is 1. The van der Waals surface area contributed by atoms with E-state index in [1.165, 1.54) is 23.5 Å². The van der Waals surface area contributed by atoms with E-state index in [1.54, 1.807) is 28.4 Å². The van der Waals surface area contributed by atoms with Crippen LogP contribution in [0.4, 0.5) is 15.2 Å². The van der Waals surface area contributed by atoms with Crippen LogP contribution in [0.25, 0.3) is 0 Å². The summed E-state index contributed by atoms with van der Waals surface area (Å²) in [4.78, 5) is 29.6. The molecule has 2 aromatic heterocycles. The number of ketones is 1. The fourth-order valence-corrected chi connectivity index (χ4v) is 7.53. The van der Waals surface area contributed by atoms with Crippen molar-refractivity contribution in [1.82, 2.24) is 10.2 Å². The molecule has 5 rings (SSSR count). The van der Waals surface area contributed by atoms with Gasteiger partial charge in [0, 0.05) is 27.4 Å². The number of anilines is 2. The zero-order valence-corrected chi connectivity index (χ0v) is 23.9. The van der Waals surface area contributed by atoms with Crippen molar-refractivity contribution in [2.75, 3.05) is 16.0 Å². The van der Waals surface area contributed by atoms with Crippen LogP contribution in [0.3, 0.4) is 0 Å². The number of hydrogen-bond donors (Lipinski definition) is 2. The van der Waals surface area contributed by atoms with E-state index in [0.717, 1.165) is 27.2 Å². The van der Waals surface area contributed by atoms with Gasteiger partial charge in [0.25, 0.3) is 0 Å². The van der Waals surface area contributed by atoms with Crippen molar-refractivity contribution in [2.45, 2.75) is 43.9 Å². The summed E-state index contributed by atoms with van der Waals surface area (Å²) >= 11 is 3.92. The molecular weight excluding hydrogens is 556 g/mol. The van der Waals surface area contributed by atoms with Gasteiger partial charge in [0.05, 0.1) is 29.0 Å². The molecule has 1 amide bonds. The molecule has 2 aliphatic rings. The Kier molecular flexibility index (Phi) is 7.33. The molecule has 39 heavy (non-hydrogen) atoms. The van der Waals surface area contributed by atoms with Crippen molar-refractivity contribution < 1.29 is 14.0 Å². The normalized spacial score (nSPS) is 18.7. The number of thiophene rings is 1. The van der Waals surface area contributed by atoms with Gasteiger partial charge in [-0.3, -0.25) is 14.5 Å². The third kappa shape index (κ3) is 5.34. The summed E-state index contributed by atoms with van der Waals surface area (Å²) in [6.07, 6.45) is 0.939. The van der Waals surface area contributed by atoms with Gasteiger partial charge in [-0.15, -0.1) is 21.5 Å². The summed E-state index contributed by atoms with van der Waals surface area (Å²) in [5, 5.41) is 21.7. The number of aryl methyl sites for hydroxylation is 1. The number of allylic oxidation sites excluding steroid dienone is 3. The standard InChI is InChI=1S/C27H25FN6O2S3/c1-14-8-9-20(38-14)22-15(12-29)24(30)34(18-10-27(2,3)11-19(35)23(18)22)25-32-33-26(39-25)37-13-21(36)31-17-7-5-4-6-16(17)28/h4-9,22H,10-11,13,30H2,1-3H3,(H,31,36). The van der Waals surface area contributed by atoms with Crippen LogP contribution in [0.15, 0.2) is 63.4 Å². The minimum Gasteiger partial charge on any atom is -0.384 e. The van der Waals surface area contributed by atoms with Crippen molar-refractivity contribution >= 4 is 56.9 Å². The lowest BCUT2D eigenvalue weighted by Crippen LogP contribution is -2.42. The van der Waals surface area contributed by atoms with Crippen LogP contribution in [0.2, 0.25) is 0 Å². The molecule has 0 saturated carbocycles. The topological polar surface area (TPSA) is 125 Å². The summed E-state index contributed by atoms with van der Waals surface area (Å²) < 4.78 is 14.4. The lowest BCUT2D eigenvalue weighted by atomic mass is 9.70. The molecule has 8 nitrogen and oxygen atoms in total. The number of nitrogens with two attached hydrogens (primary N) is 1. The van der Waals surface area contributed by atoms with E-state index in [2.05, 4.69) is 21.6 Å². The Morgan fingerprint density at radius 1 is 1.26 bits per heavy atom. The highest BCUT2D eigenvalue weighted by Crippen LogP contribution is 2.51. The quantitative estimate of drug-likeness (QED) is 0.355. The number of para-hydroxylation sites is 1. The third-order valence-electron chi connectivity index (χ3n) is 6.49. The number of carbonyl (C=O) groups is 2. The number of benzene rings is 1. The van der Waals surface area contributed by atoms with Crippen LogP contribution in [-0.4, -0.2) is 27.6 Å². The number of carbonyl (C=O) groups excluding carboxylic acids is 2. The molecule has 0 radical (unpaired) electrons. The van der Waals surface area contributed by atoms with Crippen molar-refractivity contribution in [3.05, 3.63) is 74.6 Å². The molecule has 0 bridgehead atoms. The van der Waals surface area contributed by atoms with E-state index in [0.29, 0.717) is 33.5 Å². The van der Waals surface area contributed by atoms with Crippen molar-refractivity contribution in [1.29, 1.82) is 5.26 Å². The second-order valence-corrected chi connectivity index (χ2v) is 13.6. The molecule has 1 aromatic carbocycles. The lowest BCUT2D eigenvalue weighted by molar-refractivity contribution is -0.118. The third-order valence-corrected chi connectivity index (χ3v) is 9.60. The molecule has 1 aliphatic carbocycles. The lowest BCUT2D eigenvalue weighted by Gasteiger charge is -2.42. The predicted octanol–water partition coefficient (Wildman–Crippen LogP) is 5.72. The van der Waals surface area contributed by atoms with E-state index < -0.39 is 11.7 Å². The maximum Gasteiger partial charge on any atom is 0.234 e. The number of aromatic nitrogens is 2. The van der Waals surface area contributed by atoms with Crippen LogP contribution in [-0.2, 0) is 9.59 Å². The Hall–Kier alpha value is -3.53. The molecular formula is C27H25FN6O2S3. The van der Waals surface area contributed by atoms with Gasteiger partial charge in [0.2, 0.25) is 11.0 Å². The van der Waals surface area contributed by atoms with Crippen molar-refractivity contribution in [3.63, 3.8) is 0 Å². The fraction of sp³-hybridized carbons (Fsp3) is 0.296. The number of thioether (sulfide) groups is 1. The first-order valence-electron chi connectivity index (χ1n) is 12.1. The first-order valence-corrected chi connectivity index (χ1v) is 14.7. The predicted molar refractivity (Wildman–Crippen MR) is 152 cm³/mol. The van der Waals surface area contributed by atoms with E-state index in [1.807, 2.05) is 32.9 Å². The highest BCUT2D eigenvalue weighted by molar-refractivity contribution is 8.01. The van der Waals surface area contributed by atoms with Gasteiger partial charge in [-0.2, -0.15) is 5.26 Å². The summed E-state index contributed by atoms with van der Waals surface area (Å²) in [6.45, 7) is 6.05. The molecule has 1 unspecified atom stereocenters. The molecule has 200 valence electrons. The maximum atomic E-state index is 13.9. The molecule has 3 heterocycles. The van der Waals surface area contributed by atoms with E-state index in [4.69, 9.17) is 5.73 Å². The van der Waals surface area contributed by atoms with Crippen molar-refractivity contribution in [2.24, 2.45) is 11.1 Å². The number of rotatable bonds is 6. The summed E-state index contributed by atoms with van der Waals surface area (Å²) in [5.74, 6) is -1.21. The van der Waals surface area contributed by atoms with E-state index in [-0.39, 0.29) is 34.4 Å². The smallest absolute Gasteiger partial charge is 0.234 e. The van der Waals surface area contributed by atoms with Gasteiger partial charge in [-0.1, -0.05) is 49.1 Å². The number of nitriles is 1. The average molecular weight is 581 g/mol. The van der Waals surface area contributed by atoms with Crippen LogP contribution in [0.1, 0.15) is 42.4 Å². The second kappa shape index (κ2) is 10.6. The first kappa shape index (κ1) is 27.1. The Morgan fingerprint density at radius 3 is 2.72 bits per heavy atom. The highest BCUT2D eigenvalue weighted by atomic mass is 32.2. The number of halogens is 1. The number of nitrogens with one attached hydrogen (secondary N) is 1. The van der Waals surface area contributed by atoms with Gasteiger partial charge < -0.3 is 11.1 Å². The Morgan fingerprint density at radius 2 is 2.03 bits per heavy atom. The van der Waals surface area contributed by atoms with Crippen molar-refractivity contribution in [3.8, 4) is 6.07 Å². The zero-order valence-electron chi connectivity index (χ0n) is 21.4. The number of nitrogens with zero attached hydrogens (tertiary/aromatic N) is 4. The molecule has 3 aromatic rings. The number of amides is 1. The minimum absolute atomic E-state index is 0.00298. The Bertz CT molecular complexity index is 1580. The van der Waals surface area contributed by atoms with Gasteiger partial charge >= 0.3 is 0 Å². The minimum atomic E-state index is -0.521. The molecule has 0 spiro atoms. The summed E-state index contributed by atoms with van der Waals surface area (Å²) in [6, 6.07) is 12.1. The SMILES string of the molecule is Cc1ccc(C2C(C#N)=C(N)N(c3nnc(SCC(=O)Nc4ccccc4F)s3)C3=C2C(=O)CC(C)(C)C3)s1. The molecule has 0 fully saturated rings. The van der Waals surface area contributed by atoms with Gasteiger partial charge in [-0.05, 0) is 43.0 Å². The monoisotopic (exact) mass is 580 g/mol. The largest absolute Gasteiger partial charge is 0.384 e. The highest BCUT2D eigenvalue weighted by Gasteiger charge is 2.45. The average Bonchev–Trinajstić information content (AvgIpc) is 3.51. The molecule has 1 aliphatic heterocycles. The fourth-order valence-electron chi connectivity index (χ4n) is 4.85. The van der Waals surface area contributed by atoms with Crippen LogP contribution >= 0.6 is 34.4 Å². The molecule has 1 atom stereocenters. The number of hydrogen-bond acceptors (Lipinski definition) is 10. The first-order chi connectivity index (χ1) is 18.6. The summed E-state index contributed by atoms with van der Waals surface area (Å²) in [7, 11) is 0. The molecule has 3 N–H and O–H groups in total.